The number of nitrogens with zero attached hydrogens (tertiary/aromatic N) is 4. The minimum atomic E-state index is 0.146. The largest absolute Gasteiger partial charge is 0.375 e. The molecular formula is C25H34N6OS. The van der Waals surface area contributed by atoms with E-state index in [1.165, 1.54) is 23.4 Å². The first-order chi connectivity index (χ1) is 16.1. The van der Waals surface area contributed by atoms with Crippen LogP contribution in [0.3, 0.4) is 0 Å². The van der Waals surface area contributed by atoms with Gasteiger partial charge in [0.25, 0.3) is 5.91 Å². The first-order valence-electron chi connectivity index (χ1n) is 12.2. The first-order valence-corrected chi connectivity index (χ1v) is 13.0. The molecule has 2 aliphatic rings. The van der Waals surface area contributed by atoms with Crippen molar-refractivity contribution >= 4 is 33.3 Å². The molecule has 2 aromatic heterocycles. The van der Waals surface area contributed by atoms with E-state index in [4.69, 9.17) is 5.73 Å². The van der Waals surface area contributed by atoms with Crippen molar-refractivity contribution in [2.45, 2.75) is 38.6 Å². The van der Waals surface area contributed by atoms with Crippen molar-refractivity contribution in [1.29, 1.82) is 0 Å². The fraction of sp³-hybridized carbons (Fsp3) is 0.520. The van der Waals surface area contributed by atoms with Crippen LogP contribution in [-0.2, 0) is 12.8 Å². The van der Waals surface area contributed by atoms with Crippen molar-refractivity contribution in [3.63, 3.8) is 0 Å². The third-order valence-corrected chi connectivity index (χ3v) is 8.07. The highest BCUT2D eigenvalue weighted by atomic mass is 32.1. The Morgan fingerprint density at radius 3 is 2.91 bits per heavy atom. The number of nitrogens with one attached hydrogen (secondary N) is 1. The molecule has 0 spiro atoms. The van der Waals surface area contributed by atoms with Crippen LogP contribution in [0.4, 0.5) is 5.13 Å². The van der Waals surface area contributed by atoms with Gasteiger partial charge < -0.3 is 15.6 Å². The van der Waals surface area contributed by atoms with Crippen LogP contribution in [0.15, 0.2) is 30.5 Å². The number of nitrogen functional groups attached to an aromatic ring is 1. The maximum atomic E-state index is 13.0. The third-order valence-electron chi connectivity index (χ3n) is 7.12. The molecule has 1 saturated heterocycles. The smallest absolute Gasteiger partial charge is 0.253 e. The van der Waals surface area contributed by atoms with Gasteiger partial charge in [-0.3, -0.25) is 14.6 Å². The number of hydrogen-bond acceptors (Lipinski definition) is 6. The predicted octanol–water partition coefficient (Wildman–Crippen LogP) is 3.23. The number of hydrogen-bond donors (Lipinski definition) is 2. The lowest BCUT2D eigenvalue weighted by Gasteiger charge is -2.38. The standard InChI is InChI=1S/C25H34N6OS/c1-2-9-30(20-4-6-22-23(17-20)33-25(26)28-22)13-10-29-11-14-31(15-12-29)24(32)19-3-5-21-18(16-19)7-8-27-21/h3,5,7-8,16,20,27H,2,4,6,9-15,17H2,1H3,(H2,26,28)/t20-/m0/s1. The van der Waals surface area contributed by atoms with Gasteiger partial charge in [-0.1, -0.05) is 6.92 Å². The van der Waals surface area contributed by atoms with Crippen LogP contribution in [-0.4, -0.2) is 82.4 Å². The van der Waals surface area contributed by atoms with Crippen LogP contribution in [0.1, 0.15) is 40.7 Å². The number of nitrogens with two attached hydrogens (primary N) is 1. The van der Waals surface area contributed by atoms with Crippen molar-refractivity contribution in [3.05, 3.63) is 46.6 Å². The highest BCUT2D eigenvalue weighted by molar-refractivity contribution is 7.15. The topological polar surface area (TPSA) is 81.5 Å². The molecule has 176 valence electrons. The molecule has 0 bridgehead atoms. The Morgan fingerprint density at radius 2 is 2.09 bits per heavy atom. The zero-order valence-corrected chi connectivity index (χ0v) is 20.2. The lowest BCUT2D eigenvalue weighted by molar-refractivity contribution is 0.0609. The average Bonchev–Trinajstić information content (AvgIpc) is 3.46. The number of fused-ring (bicyclic) bond motifs is 2. The van der Waals surface area contributed by atoms with Gasteiger partial charge in [-0.05, 0) is 56.5 Å². The highest BCUT2D eigenvalue weighted by Gasteiger charge is 2.28. The van der Waals surface area contributed by atoms with Gasteiger partial charge >= 0.3 is 0 Å². The number of thiazole rings is 1. The van der Waals surface area contributed by atoms with E-state index in [0.29, 0.717) is 11.2 Å². The molecule has 1 fully saturated rings. The first kappa shape index (κ1) is 22.4. The summed E-state index contributed by atoms with van der Waals surface area (Å²) in [7, 11) is 0. The van der Waals surface area contributed by atoms with E-state index in [1.54, 1.807) is 11.3 Å². The number of H-pyrrole nitrogens is 1. The second kappa shape index (κ2) is 9.83. The molecule has 1 aliphatic heterocycles. The van der Waals surface area contributed by atoms with Crippen molar-refractivity contribution < 1.29 is 4.79 Å². The molecule has 1 aliphatic carbocycles. The van der Waals surface area contributed by atoms with E-state index in [-0.39, 0.29) is 5.91 Å². The fourth-order valence-electron chi connectivity index (χ4n) is 5.27. The predicted molar refractivity (Wildman–Crippen MR) is 135 cm³/mol. The molecule has 33 heavy (non-hydrogen) atoms. The van der Waals surface area contributed by atoms with Gasteiger partial charge in [0, 0.05) is 72.9 Å². The SMILES string of the molecule is CCCN(CCN1CCN(C(=O)c2ccc3[nH]ccc3c2)CC1)[C@H]1CCc2nc(N)sc2C1. The van der Waals surface area contributed by atoms with Gasteiger partial charge in [0.1, 0.15) is 0 Å². The van der Waals surface area contributed by atoms with Crippen LogP contribution < -0.4 is 5.73 Å². The van der Waals surface area contributed by atoms with Gasteiger partial charge in [-0.2, -0.15) is 0 Å². The summed E-state index contributed by atoms with van der Waals surface area (Å²) < 4.78 is 0. The molecular weight excluding hydrogens is 432 g/mol. The molecule has 1 amide bonds. The zero-order chi connectivity index (χ0) is 22.8. The number of anilines is 1. The van der Waals surface area contributed by atoms with Gasteiger partial charge in [0.2, 0.25) is 0 Å². The van der Waals surface area contributed by atoms with E-state index in [0.717, 1.165) is 75.1 Å². The summed E-state index contributed by atoms with van der Waals surface area (Å²) >= 11 is 1.67. The second-order valence-corrected chi connectivity index (χ2v) is 10.4. The number of benzene rings is 1. The van der Waals surface area contributed by atoms with E-state index < -0.39 is 0 Å². The zero-order valence-electron chi connectivity index (χ0n) is 19.4. The van der Waals surface area contributed by atoms with Crippen LogP contribution in [0, 0.1) is 0 Å². The fourth-order valence-corrected chi connectivity index (χ4v) is 6.22. The molecule has 8 heteroatoms. The van der Waals surface area contributed by atoms with Crippen molar-refractivity contribution in [1.82, 2.24) is 24.7 Å². The number of carbonyl (C=O) groups is 1. The van der Waals surface area contributed by atoms with Crippen LogP contribution in [0.5, 0.6) is 0 Å². The van der Waals surface area contributed by atoms with Crippen LogP contribution in [0.2, 0.25) is 0 Å². The molecule has 3 heterocycles. The Kier molecular flexibility index (Phi) is 6.66. The molecule has 3 N–H and O–H groups in total. The summed E-state index contributed by atoms with van der Waals surface area (Å²) in [6.45, 7) is 9.02. The minimum Gasteiger partial charge on any atom is -0.375 e. The lowest BCUT2D eigenvalue weighted by Crippen LogP contribution is -2.51. The van der Waals surface area contributed by atoms with Gasteiger partial charge in [-0.25, -0.2) is 4.98 Å². The maximum Gasteiger partial charge on any atom is 0.253 e. The third kappa shape index (κ3) is 4.93. The Bertz CT molecular complexity index is 1100. The lowest BCUT2D eigenvalue weighted by atomic mass is 9.96. The number of aromatic amines is 1. The monoisotopic (exact) mass is 466 g/mol. The molecule has 7 nitrogen and oxygen atoms in total. The number of aryl methyl sites for hydroxylation is 1. The van der Waals surface area contributed by atoms with Crippen LogP contribution in [0.25, 0.3) is 10.9 Å². The van der Waals surface area contributed by atoms with E-state index >= 15 is 0 Å². The second-order valence-electron chi connectivity index (χ2n) is 9.27. The van der Waals surface area contributed by atoms with E-state index in [2.05, 4.69) is 26.7 Å². The molecule has 3 aromatic rings. The van der Waals surface area contributed by atoms with Crippen molar-refractivity contribution in [3.8, 4) is 0 Å². The quantitative estimate of drug-likeness (QED) is 0.559. The van der Waals surface area contributed by atoms with Gasteiger partial charge in [0.05, 0.1) is 5.69 Å². The minimum absolute atomic E-state index is 0.146. The number of aromatic nitrogens is 2. The van der Waals surface area contributed by atoms with Crippen molar-refractivity contribution in [2.75, 3.05) is 51.5 Å². The Labute approximate surface area is 199 Å². The van der Waals surface area contributed by atoms with Gasteiger partial charge in [-0.15, -0.1) is 11.3 Å². The molecule has 1 aromatic carbocycles. The van der Waals surface area contributed by atoms with Crippen LogP contribution >= 0.6 is 11.3 Å². The summed E-state index contributed by atoms with van der Waals surface area (Å²) in [5.74, 6) is 0.146. The summed E-state index contributed by atoms with van der Waals surface area (Å²) in [5.41, 5.74) is 9.02. The normalized spacial score (nSPS) is 19.3. The van der Waals surface area contributed by atoms with E-state index in [1.807, 2.05) is 35.4 Å². The number of amides is 1. The molecule has 5 rings (SSSR count). The highest BCUT2D eigenvalue weighted by Crippen LogP contribution is 2.30. The number of carbonyl (C=O) groups excluding carboxylic acids is 1. The Balaban J connectivity index is 1.13. The Hall–Kier alpha value is -2.42. The Morgan fingerprint density at radius 1 is 1.24 bits per heavy atom. The summed E-state index contributed by atoms with van der Waals surface area (Å²) in [6.07, 6.45) is 6.38. The summed E-state index contributed by atoms with van der Waals surface area (Å²) in [5, 5.41) is 1.80. The number of piperazine rings is 1. The average molecular weight is 467 g/mol. The van der Waals surface area contributed by atoms with Crippen molar-refractivity contribution in [2.24, 2.45) is 0 Å². The summed E-state index contributed by atoms with van der Waals surface area (Å²) in [4.78, 5) is 29.3. The van der Waals surface area contributed by atoms with E-state index in [9.17, 15) is 4.79 Å². The maximum absolute atomic E-state index is 13.0. The van der Waals surface area contributed by atoms with Gasteiger partial charge in [0.15, 0.2) is 5.13 Å². The summed E-state index contributed by atoms with van der Waals surface area (Å²) in [6, 6.07) is 8.53. The molecule has 0 radical (unpaired) electrons. The molecule has 0 saturated carbocycles. The number of rotatable bonds is 7. The molecule has 1 atom stereocenters. The molecule has 0 unspecified atom stereocenters.